The van der Waals surface area contributed by atoms with E-state index in [1.165, 1.54) is 54.8 Å². The minimum atomic E-state index is 0.897. The van der Waals surface area contributed by atoms with Gasteiger partial charge in [0.1, 0.15) is 11.2 Å². The average molecular weight is 829 g/mol. The van der Waals surface area contributed by atoms with Crippen molar-refractivity contribution in [3.05, 3.63) is 243 Å². The van der Waals surface area contributed by atoms with E-state index in [4.69, 9.17) is 4.42 Å². The van der Waals surface area contributed by atoms with Crippen LogP contribution in [0.15, 0.2) is 247 Å². The molecule has 65 heavy (non-hydrogen) atoms. The maximum atomic E-state index is 6.60. The van der Waals surface area contributed by atoms with Gasteiger partial charge in [0.15, 0.2) is 0 Å². The Morgan fingerprint density at radius 3 is 1.69 bits per heavy atom. The molecule has 13 aromatic rings. The number of anilines is 3. The predicted octanol–water partition coefficient (Wildman–Crippen LogP) is 17.5. The molecule has 13 rings (SSSR count). The lowest BCUT2D eigenvalue weighted by Crippen LogP contribution is -2.10. The van der Waals surface area contributed by atoms with Gasteiger partial charge in [0.25, 0.3) is 0 Å². The van der Waals surface area contributed by atoms with Gasteiger partial charge in [0.2, 0.25) is 0 Å². The van der Waals surface area contributed by atoms with Crippen LogP contribution in [0.5, 0.6) is 0 Å². The molecule has 2 aromatic heterocycles. The summed E-state index contributed by atoms with van der Waals surface area (Å²) < 4.78 is 8.99. The molecule has 304 valence electrons. The lowest BCUT2D eigenvalue weighted by Gasteiger charge is -2.27. The van der Waals surface area contributed by atoms with E-state index in [1.54, 1.807) is 0 Å². The van der Waals surface area contributed by atoms with Crippen LogP contribution in [0, 0.1) is 0 Å². The van der Waals surface area contributed by atoms with Crippen molar-refractivity contribution in [3.8, 4) is 39.1 Å². The van der Waals surface area contributed by atoms with Crippen molar-refractivity contribution in [1.29, 1.82) is 0 Å². The SMILES string of the molecule is c1ccc(-c2ccc3c(c2)c2cc(-c4cccc(N(c5ccc(-c6cccc7ccccc67)cc5)c5cccc6c5ccc5c7ccccc7oc65)c4)ccc2n3-c2ccccc2)cc1. The molecule has 0 fully saturated rings. The van der Waals surface area contributed by atoms with Gasteiger partial charge in [-0.15, -0.1) is 0 Å². The van der Waals surface area contributed by atoms with Crippen LogP contribution in [0.25, 0.3) is 104 Å². The van der Waals surface area contributed by atoms with Gasteiger partial charge >= 0.3 is 0 Å². The van der Waals surface area contributed by atoms with Gasteiger partial charge in [-0.25, -0.2) is 0 Å². The highest BCUT2D eigenvalue weighted by molar-refractivity contribution is 6.18. The molecule has 0 aliphatic heterocycles. The van der Waals surface area contributed by atoms with Crippen LogP contribution in [0.1, 0.15) is 0 Å². The number of furan rings is 1. The average Bonchev–Trinajstić information content (AvgIpc) is 3.93. The number of fused-ring (bicyclic) bond motifs is 9. The Hall–Kier alpha value is -8.66. The third-order valence-corrected chi connectivity index (χ3v) is 13.2. The summed E-state index contributed by atoms with van der Waals surface area (Å²) in [5.74, 6) is 0. The first-order valence-corrected chi connectivity index (χ1v) is 22.2. The van der Waals surface area contributed by atoms with Gasteiger partial charge < -0.3 is 13.9 Å². The number of nitrogens with zero attached hydrogens (tertiary/aromatic N) is 2. The Kier molecular flexibility index (Phi) is 8.53. The van der Waals surface area contributed by atoms with E-state index in [2.05, 4.69) is 246 Å². The third kappa shape index (κ3) is 6.12. The number of rotatable bonds is 7. The first kappa shape index (κ1) is 36.9. The van der Waals surface area contributed by atoms with E-state index >= 15 is 0 Å². The molecular formula is C62H40N2O. The molecule has 0 spiro atoms. The van der Waals surface area contributed by atoms with Crippen LogP contribution in [-0.4, -0.2) is 4.57 Å². The lowest BCUT2D eigenvalue weighted by atomic mass is 9.97. The Morgan fingerprint density at radius 1 is 0.323 bits per heavy atom. The Labute approximate surface area is 376 Å². The van der Waals surface area contributed by atoms with Gasteiger partial charge in [-0.1, -0.05) is 164 Å². The largest absolute Gasteiger partial charge is 0.455 e. The summed E-state index contributed by atoms with van der Waals surface area (Å²) in [5.41, 5.74) is 15.6. The van der Waals surface area contributed by atoms with Gasteiger partial charge in [0.05, 0.1) is 16.7 Å². The molecule has 0 amide bonds. The summed E-state index contributed by atoms with van der Waals surface area (Å²) >= 11 is 0. The van der Waals surface area contributed by atoms with Crippen LogP contribution >= 0.6 is 0 Å². The molecule has 0 bridgehead atoms. The molecule has 2 heterocycles. The number of aromatic nitrogens is 1. The fourth-order valence-corrected chi connectivity index (χ4v) is 10.1. The summed E-state index contributed by atoms with van der Waals surface area (Å²) in [7, 11) is 0. The zero-order valence-corrected chi connectivity index (χ0v) is 35.4. The molecule has 0 saturated carbocycles. The fourth-order valence-electron chi connectivity index (χ4n) is 10.1. The summed E-state index contributed by atoms with van der Waals surface area (Å²) in [6.45, 7) is 0. The third-order valence-electron chi connectivity index (χ3n) is 13.2. The van der Waals surface area contributed by atoms with Crippen LogP contribution < -0.4 is 4.90 Å². The van der Waals surface area contributed by atoms with Gasteiger partial charge in [-0.05, 0) is 123 Å². The zero-order valence-electron chi connectivity index (χ0n) is 35.4. The van der Waals surface area contributed by atoms with Crippen molar-refractivity contribution in [1.82, 2.24) is 4.57 Å². The summed E-state index contributed by atoms with van der Waals surface area (Å²) in [5, 5.41) is 9.38. The zero-order chi connectivity index (χ0) is 42.8. The topological polar surface area (TPSA) is 21.3 Å². The smallest absolute Gasteiger partial charge is 0.143 e. The van der Waals surface area contributed by atoms with Crippen LogP contribution in [0.4, 0.5) is 17.1 Å². The quantitative estimate of drug-likeness (QED) is 0.160. The second-order valence-corrected chi connectivity index (χ2v) is 16.9. The summed E-state index contributed by atoms with van der Waals surface area (Å²) in [6.07, 6.45) is 0. The van der Waals surface area contributed by atoms with Crippen molar-refractivity contribution >= 4 is 82.4 Å². The normalized spacial score (nSPS) is 11.7. The van der Waals surface area contributed by atoms with Crippen LogP contribution in [0.2, 0.25) is 0 Å². The fraction of sp³-hybridized carbons (Fsp3) is 0. The van der Waals surface area contributed by atoms with Crippen LogP contribution in [0.3, 0.4) is 0 Å². The van der Waals surface area contributed by atoms with Gasteiger partial charge in [-0.2, -0.15) is 0 Å². The van der Waals surface area contributed by atoms with Gasteiger partial charge in [-0.3, -0.25) is 0 Å². The van der Waals surface area contributed by atoms with Crippen molar-refractivity contribution in [2.24, 2.45) is 0 Å². The predicted molar refractivity (Wildman–Crippen MR) is 274 cm³/mol. The summed E-state index contributed by atoms with van der Waals surface area (Å²) in [4.78, 5) is 2.40. The molecule has 0 unspecified atom stereocenters. The first-order valence-electron chi connectivity index (χ1n) is 22.2. The molecular weight excluding hydrogens is 789 g/mol. The Morgan fingerprint density at radius 2 is 0.892 bits per heavy atom. The van der Waals surface area contributed by atoms with Crippen LogP contribution in [-0.2, 0) is 0 Å². The molecule has 0 saturated heterocycles. The molecule has 3 nitrogen and oxygen atoms in total. The van der Waals surface area contributed by atoms with E-state index in [-0.39, 0.29) is 0 Å². The summed E-state index contributed by atoms with van der Waals surface area (Å²) in [6, 6.07) is 87.8. The molecule has 0 radical (unpaired) electrons. The van der Waals surface area contributed by atoms with E-state index in [0.717, 1.165) is 66.6 Å². The minimum absolute atomic E-state index is 0.897. The highest BCUT2D eigenvalue weighted by Gasteiger charge is 2.20. The number of benzene rings is 11. The first-order chi connectivity index (χ1) is 32.2. The van der Waals surface area contributed by atoms with Crippen molar-refractivity contribution in [2.45, 2.75) is 0 Å². The molecule has 0 aliphatic carbocycles. The monoisotopic (exact) mass is 828 g/mol. The Bertz CT molecular complexity index is 3930. The van der Waals surface area contributed by atoms with E-state index in [1.807, 2.05) is 6.07 Å². The molecule has 0 N–H and O–H groups in total. The second-order valence-electron chi connectivity index (χ2n) is 16.9. The highest BCUT2D eigenvalue weighted by atomic mass is 16.3. The minimum Gasteiger partial charge on any atom is -0.455 e. The van der Waals surface area contributed by atoms with E-state index in [9.17, 15) is 0 Å². The van der Waals surface area contributed by atoms with Gasteiger partial charge in [0, 0.05) is 49.4 Å². The molecule has 0 atom stereocenters. The standard InChI is InChI=1S/C62H40N2O/c1-3-14-41(15-4-1)45-30-36-59-56(39-45)57-40-46(31-37-60(57)64(59)47-19-5-2-6-20-47)44-18-11-21-49(38-44)63(48-32-28-43(29-33-48)51-24-12-17-42-16-7-8-22-50(42)51)58-26-13-25-54-52(58)34-35-55-53-23-9-10-27-61(53)65-62(54)55/h1-40H. The van der Waals surface area contributed by atoms with Crippen molar-refractivity contribution in [2.75, 3.05) is 4.90 Å². The maximum Gasteiger partial charge on any atom is 0.143 e. The maximum absolute atomic E-state index is 6.60. The Balaban J connectivity index is 0.989. The lowest BCUT2D eigenvalue weighted by molar-refractivity contribution is 0.672. The number of hydrogen-bond acceptors (Lipinski definition) is 2. The van der Waals surface area contributed by atoms with E-state index in [0.29, 0.717) is 0 Å². The van der Waals surface area contributed by atoms with E-state index < -0.39 is 0 Å². The number of hydrogen-bond donors (Lipinski definition) is 0. The molecule has 3 heteroatoms. The van der Waals surface area contributed by atoms with Crippen molar-refractivity contribution in [3.63, 3.8) is 0 Å². The highest BCUT2D eigenvalue weighted by Crippen LogP contribution is 2.45. The van der Waals surface area contributed by atoms with Crippen molar-refractivity contribution < 1.29 is 4.42 Å². The number of para-hydroxylation sites is 2. The molecule has 0 aliphatic rings. The second kappa shape index (κ2) is 15.0. The molecule has 11 aromatic carbocycles.